The molecule has 92 valence electrons. The number of fused-ring (bicyclic) bond motifs is 1. The van der Waals surface area contributed by atoms with Crippen molar-refractivity contribution in [1.82, 2.24) is 0 Å². The molecule has 0 aliphatic rings. The van der Waals surface area contributed by atoms with Gasteiger partial charge in [0, 0.05) is 5.56 Å². The van der Waals surface area contributed by atoms with E-state index >= 15 is 0 Å². The van der Waals surface area contributed by atoms with Gasteiger partial charge in [-0.1, -0.05) is 60.7 Å². The summed E-state index contributed by atoms with van der Waals surface area (Å²) in [6.07, 6.45) is 0. The quantitative estimate of drug-likeness (QED) is 0.604. The average molecular weight is 267 g/mol. The zero-order valence-corrected chi connectivity index (χ0v) is 10.9. The van der Waals surface area contributed by atoms with Gasteiger partial charge < -0.3 is 0 Å². The molecule has 0 atom stereocenters. The fourth-order valence-corrected chi connectivity index (χ4v) is 2.51. The molecule has 0 fully saturated rings. The van der Waals surface area contributed by atoms with Crippen LogP contribution >= 0.6 is 11.6 Å². The number of hydrogen-bond donors (Lipinski definition) is 0. The molecule has 3 rings (SSSR count). The van der Waals surface area contributed by atoms with Crippen molar-refractivity contribution in [1.29, 1.82) is 0 Å². The Hall–Kier alpha value is -2.12. The third-order valence-electron chi connectivity index (χ3n) is 3.22. The average Bonchev–Trinajstić information content (AvgIpc) is 2.46. The number of rotatable bonds is 2. The summed E-state index contributed by atoms with van der Waals surface area (Å²) in [4.78, 5) is 11.5. The van der Waals surface area contributed by atoms with Crippen molar-refractivity contribution in [3.05, 3.63) is 72.3 Å². The predicted molar refractivity (Wildman–Crippen MR) is 79.6 cm³/mol. The Kier molecular flexibility index (Phi) is 3.06. The van der Waals surface area contributed by atoms with Gasteiger partial charge in [-0.15, -0.1) is 0 Å². The van der Waals surface area contributed by atoms with Gasteiger partial charge in [-0.2, -0.15) is 0 Å². The van der Waals surface area contributed by atoms with Crippen molar-refractivity contribution >= 4 is 27.6 Å². The molecule has 0 spiro atoms. The summed E-state index contributed by atoms with van der Waals surface area (Å²) in [7, 11) is 0. The van der Waals surface area contributed by atoms with E-state index in [-0.39, 0.29) is 0 Å². The molecule has 0 bridgehead atoms. The largest absolute Gasteiger partial charge is 0.276 e. The number of hydrogen-bond acceptors (Lipinski definition) is 1. The first-order chi connectivity index (χ1) is 9.27. The van der Waals surface area contributed by atoms with E-state index in [1.165, 1.54) is 0 Å². The zero-order chi connectivity index (χ0) is 13.2. The molecule has 0 radical (unpaired) electrons. The Balaban J connectivity index is 2.34. The van der Waals surface area contributed by atoms with Crippen molar-refractivity contribution in [3.8, 4) is 11.1 Å². The monoisotopic (exact) mass is 266 g/mol. The van der Waals surface area contributed by atoms with E-state index in [1.807, 2.05) is 42.5 Å². The molecule has 19 heavy (non-hydrogen) atoms. The maximum absolute atomic E-state index is 11.5. The molecular formula is C17H11ClO. The van der Waals surface area contributed by atoms with Gasteiger partial charge in [0.25, 0.3) is 5.24 Å². The maximum Gasteiger partial charge on any atom is 0.253 e. The SMILES string of the molecule is O=C(Cl)c1ccccc1-c1cccc2ccccc12. The maximum atomic E-state index is 11.5. The second kappa shape index (κ2) is 4.87. The molecule has 0 saturated heterocycles. The highest BCUT2D eigenvalue weighted by atomic mass is 35.5. The summed E-state index contributed by atoms with van der Waals surface area (Å²) < 4.78 is 0. The standard InChI is InChI=1S/C17H11ClO/c18-17(19)16-10-4-3-9-15(16)14-11-5-7-12-6-1-2-8-13(12)14/h1-11H. The summed E-state index contributed by atoms with van der Waals surface area (Å²) in [6.45, 7) is 0. The van der Waals surface area contributed by atoms with Gasteiger partial charge in [0.1, 0.15) is 0 Å². The third kappa shape index (κ3) is 2.13. The van der Waals surface area contributed by atoms with Crippen LogP contribution in [0.4, 0.5) is 0 Å². The number of carbonyl (C=O) groups is 1. The molecule has 3 aromatic carbocycles. The van der Waals surface area contributed by atoms with Crippen LogP contribution < -0.4 is 0 Å². The molecule has 3 aromatic rings. The first kappa shape index (κ1) is 11.9. The highest BCUT2D eigenvalue weighted by Gasteiger charge is 2.11. The van der Waals surface area contributed by atoms with E-state index in [9.17, 15) is 4.79 Å². The van der Waals surface area contributed by atoms with Gasteiger partial charge in [0.2, 0.25) is 0 Å². The van der Waals surface area contributed by atoms with Gasteiger partial charge >= 0.3 is 0 Å². The van der Waals surface area contributed by atoms with E-state index < -0.39 is 5.24 Å². The number of halogens is 1. The molecule has 0 aliphatic carbocycles. The van der Waals surface area contributed by atoms with Crippen LogP contribution in [-0.4, -0.2) is 5.24 Å². The lowest BCUT2D eigenvalue weighted by Crippen LogP contribution is -1.93. The van der Waals surface area contributed by atoms with E-state index in [0.29, 0.717) is 5.56 Å². The Morgan fingerprint density at radius 1 is 0.737 bits per heavy atom. The van der Waals surface area contributed by atoms with Gasteiger partial charge in [-0.3, -0.25) is 4.79 Å². The topological polar surface area (TPSA) is 17.1 Å². The summed E-state index contributed by atoms with van der Waals surface area (Å²) in [5.41, 5.74) is 2.45. The zero-order valence-electron chi connectivity index (χ0n) is 10.1. The molecule has 0 unspecified atom stereocenters. The first-order valence-corrected chi connectivity index (χ1v) is 6.42. The summed E-state index contributed by atoms with van der Waals surface area (Å²) in [5, 5.41) is 1.84. The van der Waals surface area contributed by atoms with Crippen LogP contribution in [0, 0.1) is 0 Å². The molecule has 2 heteroatoms. The lowest BCUT2D eigenvalue weighted by Gasteiger charge is -2.09. The fraction of sp³-hybridized carbons (Fsp3) is 0. The normalized spacial score (nSPS) is 10.6. The second-order valence-electron chi connectivity index (χ2n) is 4.35. The molecule has 1 nitrogen and oxygen atoms in total. The van der Waals surface area contributed by atoms with E-state index in [4.69, 9.17) is 11.6 Å². The van der Waals surface area contributed by atoms with Crippen LogP contribution in [0.2, 0.25) is 0 Å². The molecule has 0 aliphatic heterocycles. The van der Waals surface area contributed by atoms with Crippen molar-refractivity contribution in [2.45, 2.75) is 0 Å². The van der Waals surface area contributed by atoms with Crippen molar-refractivity contribution in [3.63, 3.8) is 0 Å². The lowest BCUT2D eigenvalue weighted by molar-refractivity contribution is 0.108. The molecule has 0 N–H and O–H groups in total. The van der Waals surface area contributed by atoms with Crippen LogP contribution in [0.5, 0.6) is 0 Å². The van der Waals surface area contributed by atoms with Crippen molar-refractivity contribution in [2.75, 3.05) is 0 Å². The molecule has 0 heterocycles. The fourth-order valence-electron chi connectivity index (χ4n) is 2.35. The van der Waals surface area contributed by atoms with E-state index in [1.54, 1.807) is 6.07 Å². The molecule has 0 amide bonds. The minimum absolute atomic E-state index is 0.427. The van der Waals surface area contributed by atoms with Gasteiger partial charge in [-0.25, -0.2) is 0 Å². The Labute approximate surface area is 116 Å². The summed E-state index contributed by atoms with van der Waals surface area (Å²) >= 11 is 5.67. The third-order valence-corrected chi connectivity index (χ3v) is 3.42. The second-order valence-corrected chi connectivity index (χ2v) is 4.69. The highest BCUT2D eigenvalue weighted by Crippen LogP contribution is 2.31. The van der Waals surface area contributed by atoms with Gasteiger partial charge in [0.05, 0.1) is 0 Å². The Bertz CT molecular complexity index is 757. The number of benzene rings is 3. The first-order valence-electron chi connectivity index (χ1n) is 6.04. The summed E-state index contributed by atoms with van der Waals surface area (Å²) in [5.74, 6) is 0. The van der Waals surface area contributed by atoms with Crippen LogP contribution in [-0.2, 0) is 0 Å². The molecule has 0 saturated carbocycles. The number of carbonyl (C=O) groups excluding carboxylic acids is 1. The van der Waals surface area contributed by atoms with Gasteiger partial charge in [-0.05, 0) is 39.6 Å². The minimum atomic E-state index is -0.427. The van der Waals surface area contributed by atoms with Crippen LogP contribution in [0.3, 0.4) is 0 Å². The predicted octanol–water partition coefficient (Wildman–Crippen LogP) is 4.89. The van der Waals surface area contributed by atoms with Crippen LogP contribution in [0.25, 0.3) is 21.9 Å². The molecular weight excluding hydrogens is 256 g/mol. The highest BCUT2D eigenvalue weighted by molar-refractivity contribution is 6.68. The Morgan fingerprint density at radius 2 is 1.37 bits per heavy atom. The molecule has 0 aromatic heterocycles. The smallest absolute Gasteiger partial charge is 0.253 e. The van der Waals surface area contributed by atoms with E-state index in [0.717, 1.165) is 21.9 Å². The summed E-state index contributed by atoms with van der Waals surface area (Å²) in [6, 6.07) is 21.6. The Morgan fingerprint density at radius 3 is 2.21 bits per heavy atom. The minimum Gasteiger partial charge on any atom is -0.276 e. The van der Waals surface area contributed by atoms with E-state index in [2.05, 4.69) is 18.2 Å². The van der Waals surface area contributed by atoms with Crippen LogP contribution in [0.15, 0.2) is 66.7 Å². The van der Waals surface area contributed by atoms with Crippen LogP contribution in [0.1, 0.15) is 10.4 Å². The van der Waals surface area contributed by atoms with Crippen molar-refractivity contribution in [2.24, 2.45) is 0 Å². The van der Waals surface area contributed by atoms with Gasteiger partial charge in [0.15, 0.2) is 0 Å². The lowest BCUT2D eigenvalue weighted by atomic mass is 9.95. The van der Waals surface area contributed by atoms with Crippen molar-refractivity contribution < 1.29 is 4.79 Å².